The molecule has 0 saturated heterocycles. The Hall–Kier alpha value is -2.50. The molecule has 1 aromatic rings. The average Bonchev–Trinajstić information content (AvgIpc) is 2.36. The Labute approximate surface area is 111 Å². The van der Waals surface area contributed by atoms with Crippen LogP contribution in [0.15, 0.2) is 24.3 Å². The second kappa shape index (κ2) is 6.44. The van der Waals surface area contributed by atoms with E-state index in [2.05, 4.69) is 5.32 Å². The van der Waals surface area contributed by atoms with Crippen molar-refractivity contribution in [2.75, 3.05) is 26.5 Å². The maximum absolute atomic E-state index is 11.6. The summed E-state index contributed by atoms with van der Waals surface area (Å²) >= 11 is 0. The van der Waals surface area contributed by atoms with E-state index in [1.807, 2.05) is 0 Å². The number of urea groups is 1. The third-order valence-corrected chi connectivity index (χ3v) is 2.29. The number of hydrogen-bond acceptors (Lipinski definition) is 3. The molecule has 2 amide bonds. The standard InChI is InChI=1S/C13H16N2O4/c1-15(2)13(18)14-10-8-9(5-7-12(16)17)4-6-11(10)19-3/h4-8H,1-3H3,(H,14,18)(H,16,17). The Kier molecular flexibility index (Phi) is 4.93. The SMILES string of the molecule is COc1ccc(C=CC(=O)O)cc1NC(=O)N(C)C. The van der Waals surface area contributed by atoms with E-state index in [9.17, 15) is 9.59 Å². The van der Waals surface area contributed by atoms with Gasteiger partial charge in [-0.05, 0) is 23.8 Å². The number of carboxylic acid groups (broad SMARTS) is 1. The molecule has 102 valence electrons. The smallest absolute Gasteiger partial charge is 0.328 e. The van der Waals surface area contributed by atoms with Gasteiger partial charge < -0.3 is 20.1 Å². The molecule has 19 heavy (non-hydrogen) atoms. The quantitative estimate of drug-likeness (QED) is 0.814. The number of anilines is 1. The van der Waals surface area contributed by atoms with Crippen molar-refractivity contribution >= 4 is 23.8 Å². The predicted octanol–water partition coefficient (Wildman–Crippen LogP) is 1.89. The molecule has 0 atom stereocenters. The normalized spacial score (nSPS) is 10.3. The zero-order valence-corrected chi connectivity index (χ0v) is 11.0. The van der Waals surface area contributed by atoms with E-state index in [0.29, 0.717) is 17.0 Å². The number of carbonyl (C=O) groups is 2. The molecule has 0 radical (unpaired) electrons. The van der Waals surface area contributed by atoms with Gasteiger partial charge in [-0.2, -0.15) is 0 Å². The van der Waals surface area contributed by atoms with Crippen LogP contribution in [-0.2, 0) is 4.79 Å². The second-order valence-corrected chi connectivity index (χ2v) is 3.96. The first-order chi connectivity index (χ1) is 8.93. The highest BCUT2D eigenvalue weighted by Crippen LogP contribution is 2.26. The van der Waals surface area contributed by atoms with E-state index in [0.717, 1.165) is 6.08 Å². The van der Waals surface area contributed by atoms with Crippen molar-refractivity contribution in [1.29, 1.82) is 0 Å². The number of carbonyl (C=O) groups excluding carboxylic acids is 1. The van der Waals surface area contributed by atoms with E-state index in [-0.39, 0.29) is 6.03 Å². The Morgan fingerprint density at radius 3 is 2.58 bits per heavy atom. The number of hydrogen-bond donors (Lipinski definition) is 2. The van der Waals surface area contributed by atoms with Crippen LogP contribution in [0.5, 0.6) is 5.75 Å². The van der Waals surface area contributed by atoms with Crippen LogP contribution in [0.1, 0.15) is 5.56 Å². The highest BCUT2D eigenvalue weighted by molar-refractivity contribution is 5.91. The third kappa shape index (κ3) is 4.34. The second-order valence-electron chi connectivity index (χ2n) is 3.96. The number of rotatable bonds is 4. The summed E-state index contributed by atoms with van der Waals surface area (Å²) < 4.78 is 5.13. The molecule has 1 rings (SSSR count). The molecule has 0 aliphatic rings. The van der Waals surface area contributed by atoms with Crippen molar-refractivity contribution < 1.29 is 19.4 Å². The third-order valence-electron chi connectivity index (χ3n) is 2.29. The minimum atomic E-state index is -1.03. The monoisotopic (exact) mass is 264 g/mol. The summed E-state index contributed by atoms with van der Waals surface area (Å²) in [5.41, 5.74) is 1.13. The lowest BCUT2D eigenvalue weighted by Gasteiger charge is -2.14. The maximum Gasteiger partial charge on any atom is 0.328 e. The van der Waals surface area contributed by atoms with Crippen LogP contribution in [-0.4, -0.2) is 43.2 Å². The number of aliphatic carboxylic acids is 1. The topological polar surface area (TPSA) is 78.9 Å². The molecule has 0 bridgehead atoms. The summed E-state index contributed by atoms with van der Waals surface area (Å²) in [6.07, 6.45) is 2.46. The van der Waals surface area contributed by atoms with Gasteiger partial charge in [0.2, 0.25) is 0 Å². The van der Waals surface area contributed by atoms with Crippen molar-refractivity contribution in [3.8, 4) is 5.75 Å². The van der Waals surface area contributed by atoms with Crippen molar-refractivity contribution in [3.63, 3.8) is 0 Å². The van der Waals surface area contributed by atoms with Crippen LogP contribution in [0.2, 0.25) is 0 Å². The summed E-state index contributed by atoms with van der Waals surface area (Å²) in [6, 6.07) is 4.70. The van der Waals surface area contributed by atoms with Gasteiger partial charge in [0.25, 0.3) is 0 Å². The van der Waals surface area contributed by atoms with Crippen LogP contribution in [0.25, 0.3) is 6.08 Å². The van der Waals surface area contributed by atoms with Gasteiger partial charge in [-0.15, -0.1) is 0 Å². The van der Waals surface area contributed by atoms with Gasteiger partial charge in [-0.3, -0.25) is 0 Å². The average molecular weight is 264 g/mol. The van der Waals surface area contributed by atoms with Gasteiger partial charge in [-0.1, -0.05) is 6.07 Å². The highest BCUT2D eigenvalue weighted by atomic mass is 16.5. The summed E-state index contributed by atoms with van der Waals surface area (Å²) in [5.74, 6) is -0.530. The molecule has 0 aliphatic heterocycles. The van der Waals surface area contributed by atoms with Crippen molar-refractivity contribution in [1.82, 2.24) is 4.90 Å². The number of nitrogens with zero attached hydrogens (tertiary/aromatic N) is 1. The van der Waals surface area contributed by atoms with E-state index in [1.165, 1.54) is 18.1 Å². The molecule has 0 fully saturated rings. The van der Waals surface area contributed by atoms with Crippen molar-refractivity contribution in [2.45, 2.75) is 0 Å². The zero-order chi connectivity index (χ0) is 14.4. The Morgan fingerprint density at radius 2 is 2.05 bits per heavy atom. The Morgan fingerprint density at radius 1 is 1.37 bits per heavy atom. The van der Waals surface area contributed by atoms with Crippen LogP contribution in [0, 0.1) is 0 Å². The van der Waals surface area contributed by atoms with Gasteiger partial charge in [0.05, 0.1) is 12.8 Å². The van der Waals surface area contributed by atoms with Gasteiger partial charge in [0.1, 0.15) is 5.75 Å². The van der Waals surface area contributed by atoms with Crippen LogP contribution in [0.3, 0.4) is 0 Å². The summed E-state index contributed by atoms with van der Waals surface area (Å²) in [5, 5.41) is 11.2. The molecule has 0 spiro atoms. The minimum Gasteiger partial charge on any atom is -0.495 e. The predicted molar refractivity (Wildman–Crippen MR) is 72.4 cm³/mol. The van der Waals surface area contributed by atoms with Crippen LogP contribution in [0.4, 0.5) is 10.5 Å². The number of methoxy groups -OCH3 is 1. The maximum atomic E-state index is 11.6. The van der Waals surface area contributed by atoms with Crippen molar-refractivity contribution in [2.24, 2.45) is 0 Å². The first kappa shape index (κ1) is 14.6. The molecule has 6 nitrogen and oxygen atoms in total. The number of benzene rings is 1. The fraction of sp³-hybridized carbons (Fsp3) is 0.231. The van der Waals surface area contributed by atoms with Gasteiger partial charge in [0.15, 0.2) is 0 Å². The number of carboxylic acids is 1. The zero-order valence-electron chi connectivity index (χ0n) is 11.0. The molecule has 2 N–H and O–H groups in total. The molecule has 0 aromatic heterocycles. The van der Waals surface area contributed by atoms with E-state index in [1.54, 1.807) is 32.3 Å². The number of amides is 2. The van der Waals surface area contributed by atoms with Crippen LogP contribution < -0.4 is 10.1 Å². The molecule has 0 unspecified atom stereocenters. The number of ether oxygens (including phenoxy) is 1. The minimum absolute atomic E-state index is 0.294. The van der Waals surface area contributed by atoms with Gasteiger partial charge in [0, 0.05) is 20.2 Å². The molecule has 6 heteroatoms. The summed E-state index contributed by atoms with van der Waals surface area (Å²) in [7, 11) is 4.74. The fourth-order valence-corrected chi connectivity index (χ4v) is 1.32. The van der Waals surface area contributed by atoms with Crippen molar-refractivity contribution in [3.05, 3.63) is 29.8 Å². The summed E-state index contributed by atoms with van der Waals surface area (Å²) in [4.78, 5) is 23.5. The molecule has 0 saturated carbocycles. The number of nitrogens with one attached hydrogen (secondary N) is 1. The van der Waals surface area contributed by atoms with Gasteiger partial charge in [-0.25, -0.2) is 9.59 Å². The highest BCUT2D eigenvalue weighted by Gasteiger charge is 2.09. The Balaban J connectivity index is 3.02. The fourth-order valence-electron chi connectivity index (χ4n) is 1.32. The first-order valence-electron chi connectivity index (χ1n) is 5.51. The van der Waals surface area contributed by atoms with E-state index >= 15 is 0 Å². The lowest BCUT2D eigenvalue weighted by Crippen LogP contribution is -2.27. The summed E-state index contributed by atoms with van der Waals surface area (Å²) in [6.45, 7) is 0. The molecular weight excluding hydrogens is 248 g/mol. The van der Waals surface area contributed by atoms with Gasteiger partial charge >= 0.3 is 12.0 Å². The van der Waals surface area contributed by atoms with E-state index < -0.39 is 5.97 Å². The van der Waals surface area contributed by atoms with E-state index in [4.69, 9.17) is 9.84 Å². The molecular formula is C13H16N2O4. The largest absolute Gasteiger partial charge is 0.495 e. The molecule has 1 aromatic carbocycles. The first-order valence-corrected chi connectivity index (χ1v) is 5.51. The molecule has 0 aliphatic carbocycles. The molecule has 0 heterocycles. The lowest BCUT2D eigenvalue weighted by molar-refractivity contribution is -0.131. The van der Waals surface area contributed by atoms with Crippen LogP contribution >= 0.6 is 0 Å². The Bertz CT molecular complexity index is 509. The lowest BCUT2D eigenvalue weighted by atomic mass is 10.1.